The van der Waals surface area contributed by atoms with Crippen molar-refractivity contribution >= 4 is 75.4 Å². The Morgan fingerprint density at radius 3 is 2.63 bits per heavy atom. The molecule has 3 N–H and O–H groups in total. The Morgan fingerprint density at radius 1 is 1.19 bits per heavy atom. The van der Waals surface area contributed by atoms with Crippen LogP contribution >= 0.6 is 23.8 Å². The molecule has 1 saturated carbocycles. The molecule has 346 valence electrons. The number of nitriles is 1. The lowest BCUT2D eigenvalue weighted by Gasteiger charge is -2.39. The highest BCUT2D eigenvalue weighted by atomic mass is 32.5. The first-order valence-corrected chi connectivity index (χ1v) is 30.8. The predicted octanol–water partition coefficient (Wildman–Crippen LogP) is 5.77. The van der Waals surface area contributed by atoms with Crippen LogP contribution in [0.4, 0.5) is 5.95 Å². The standard InChI is InChI=1S/C36H55N8O13P3SSi2/c1-6-14-62(48,15-7-2)57-63(58,16-8-3)56-30-27-20-49-59(47)54-26-18-25(52-28-10-12-38-21-39-28)17-24(26)19-51-60(61,50-13-9-11-37)55-31(30)35(53-27)44-22-40-29-32(44)41-36(43-34(29)46)42-33(45)23(4)5/h10,12,21-27,30-31,35,48H,6-9,13-20,58H2,1-5H3,(H-,41,42,43,45,46)/p+1/t24-,25-,26+,27-,30-,31-,35-,60?,63?/m1/s1. The zero-order valence-corrected chi connectivity index (χ0v) is 41.6. The Labute approximate surface area is 375 Å². The van der Waals surface area contributed by atoms with Crippen LogP contribution < -0.4 is 15.6 Å². The van der Waals surface area contributed by atoms with Gasteiger partial charge in [0.25, 0.3) is 5.56 Å². The topological polar surface area (TPSA) is 263 Å². The van der Waals surface area contributed by atoms with E-state index in [9.17, 15) is 24.2 Å². The van der Waals surface area contributed by atoms with Gasteiger partial charge >= 0.3 is 31.8 Å². The molecule has 0 aromatic carbocycles. The Morgan fingerprint density at radius 2 is 1.95 bits per heavy atom. The minimum Gasteiger partial charge on any atom is -0.474 e. The molecular weight excluding hydrogens is 934 g/mol. The molecule has 3 aromatic rings. The van der Waals surface area contributed by atoms with Gasteiger partial charge in [-0.3, -0.25) is 29.0 Å². The highest BCUT2D eigenvalue weighted by molar-refractivity contribution is 8.07. The minimum absolute atomic E-state index is 0.0160. The first-order chi connectivity index (χ1) is 30.1. The SMILES string of the molecule is CCC[Si](O)(CCC)O[Si](P)(CCC)O[C@H]1[C@H]2OP(=S)(OCCC#N)OC[C@H]3C[C@@H](Oc4ccncn4)C[C@@H]3O[P+](=O)OC[C@H]1O[C@H]2n1cnc2c(=O)[nH]c(NC(=O)C(C)C)nc21. The lowest BCUT2D eigenvalue weighted by molar-refractivity contribution is -0.118. The molecule has 1 aliphatic carbocycles. The van der Waals surface area contributed by atoms with E-state index in [2.05, 4.69) is 45.1 Å². The summed E-state index contributed by atoms with van der Waals surface area (Å²) in [6.45, 7) is 4.86. The molecule has 11 atom stereocenters. The van der Waals surface area contributed by atoms with E-state index in [0.717, 1.165) is 0 Å². The summed E-state index contributed by atoms with van der Waals surface area (Å²) in [5.41, 5.74) is -0.695. The van der Waals surface area contributed by atoms with Crippen molar-refractivity contribution in [2.24, 2.45) is 11.8 Å². The summed E-state index contributed by atoms with van der Waals surface area (Å²) in [5, 5.41) is 12.1. The van der Waals surface area contributed by atoms with Crippen LogP contribution in [0.3, 0.4) is 0 Å². The lowest BCUT2D eigenvalue weighted by atomic mass is 10.1. The van der Waals surface area contributed by atoms with Gasteiger partial charge in [-0.05, 0) is 36.4 Å². The van der Waals surface area contributed by atoms with Gasteiger partial charge in [-0.1, -0.05) is 62.7 Å². The molecule has 0 radical (unpaired) electrons. The van der Waals surface area contributed by atoms with Crippen molar-refractivity contribution in [1.29, 1.82) is 5.26 Å². The molecule has 3 fully saturated rings. The summed E-state index contributed by atoms with van der Waals surface area (Å²) in [5.74, 6) is -1.01. The van der Waals surface area contributed by atoms with Gasteiger partial charge in [0.15, 0.2) is 17.4 Å². The van der Waals surface area contributed by atoms with Crippen molar-refractivity contribution in [3.8, 4) is 11.9 Å². The fourth-order valence-electron chi connectivity index (χ4n) is 7.67. The number of imidazole rings is 1. The van der Waals surface area contributed by atoms with E-state index in [-0.39, 0.29) is 49.3 Å². The predicted molar refractivity (Wildman–Crippen MR) is 239 cm³/mol. The van der Waals surface area contributed by atoms with Crippen LogP contribution in [0.5, 0.6) is 5.88 Å². The van der Waals surface area contributed by atoms with Crippen molar-refractivity contribution in [2.75, 3.05) is 25.1 Å². The van der Waals surface area contributed by atoms with Gasteiger partial charge in [-0.2, -0.15) is 10.2 Å². The second kappa shape index (κ2) is 22.3. The van der Waals surface area contributed by atoms with Gasteiger partial charge in [0, 0.05) is 35.1 Å². The van der Waals surface area contributed by atoms with Crippen LogP contribution in [0.1, 0.15) is 79.4 Å². The molecule has 5 heterocycles. The van der Waals surface area contributed by atoms with Gasteiger partial charge in [0.1, 0.15) is 43.5 Å². The Kier molecular flexibility index (Phi) is 17.6. The second-order valence-corrected chi connectivity index (χ2v) is 28.5. The van der Waals surface area contributed by atoms with Crippen LogP contribution in [-0.4, -0.2) is 107 Å². The van der Waals surface area contributed by atoms with Crippen LogP contribution in [-0.2, 0) is 57.1 Å². The minimum atomic E-state index is -3.90. The third kappa shape index (κ3) is 12.9. The fraction of sp³-hybridized carbons (Fsp3) is 0.694. The zero-order chi connectivity index (χ0) is 45.4. The van der Waals surface area contributed by atoms with Crippen LogP contribution in [0.25, 0.3) is 11.2 Å². The van der Waals surface area contributed by atoms with Crippen molar-refractivity contribution in [1.82, 2.24) is 29.5 Å². The number of hydrogen-bond acceptors (Lipinski definition) is 19. The fourth-order valence-corrected chi connectivity index (χ4v) is 21.3. The molecule has 0 spiro atoms. The van der Waals surface area contributed by atoms with E-state index in [1.54, 1.807) is 26.1 Å². The molecule has 2 saturated heterocycles. The second-order valence-electron chi connectivity index (χ2n) is 15.9. The average molecular weight is 990 g/mol. The van der Waals surface area contributed by atoms with Crippen molar-refractivity contribution < 1.29 is 54.8 Å². The number of ether oxygens (including phenoxy) is 2. The van der Waals surface area contributed by atoms with Gasteiger partial charge in [-0.25, -0.2) is 15.0 Å². The molecule has 6 rings (SSSR count). The van der Waals surface area contributed by atoms with Crippen LogP contribution in [0.2, 0.25) is 18.1 Å². The van der Waals surface area contributed by atoms with E-state index in [1.807, 2.05) is 20.8 Å². The van der Waals surface area contributed by atoms with E-state index in [1.165, 1.54) is 17.2 Å². The third-order valence-electron chi connectivity index (χ3n) is 10.5. The number of carbonyl (C=O) groups excluding carboxylic acids is 1. The Balaban J connectivity index is 1.44. The number of anilines is 1. The molecule has 3 aliphatic rings. The van der Waals surface area contributed by atoms with E-state index in [0.29, 0.717) is 56.1 Å². The molecule has 27 heteroatoms. The molecule has 2 bridgehead atoms. The van der Waals surface area contributed by atoms with Gasteiger partial charge in [-0.15, -0.1) is 9.05 Å². The van der Waals surface area contributed by atoms with Crippen molar-refractivity contribution in [2.45, 2.75) is 128 Å². The molecule has 3 aromatic heterocycles. The first kappa shape index (κ1) is 49.9. The maximum atomic E-state index is 13.8. The van der Waals surface area contributed by atoms with Gasteiger partial charge in [0.05, 0.1) is 32.0 Å². The van der Waals surface area contributed by atoms with Crippen LogP contribution in [0, 0.1) is 23.2 Å². The normalized spacial score (nSPS) is 28.4. The molecule has 2 aliphatic heterocycles. The maximum Gasteiger partial charge on any atom is 0.697 e. The Hall–Kier alpha value is -2.56. The number of aromatic amines is 1. The monoisotopic (exact) mass is 989 g/mol. The maximum absolute atomic E-state index is 13.8. The van der Waals surface area contributed by atoms with Gasteiger partial charge in [0.2, 0.25) is 17.7 Å². The summed E-state index contributed by atoms with van der Waals surface area (Å²) in [6.07, 6.45) is 1.16. The molecule has 63 heavy (non-hydrogen) atoms. The van der Waals surface area contributed by atoms with E-state index < -0.39 is 85.9 Å². The number of fused-ring (bicyclic) bond motifs is 4. The third-order valence-corrected chi connectivity index (χ3v) is 23.3. The van der Waals surface area contributed by atoms with Crippen molar-refractivity contribution in [3.05, 3.63) is 35.3 Å². The number of nitrogens with one attached hydrogen (secondary N) is 2. The Bertz CT molecular complexity index is 2190. The van der Waals surface area contributed by atoms with E-state index >= 15 is 0 Å². The summed E-state index contributed by atoms with van der Waals surface area (Å²) >= 11 is 6.15. The van der Waals surface area contributed by atoms with Crippen molar-refractivity contribution in [3.63, 3.8) is 0 Å². The molecule has 1 amide bonds. The lowest BCUT2D eigenvalue weighted by Crippen LogP contribution is -2.54. The number of aromatic nitrogens is 6. The summed E-state index contributed by atoms with van der Waals surface area (Å²) < 4.78 is 73.5. The highest BCUT2D eigenvalue weighted by Gasteiger charge is 2.56. The van der Waals surface area contributed by atoms with Crippen LogP contribution in [0.15, 0.2) is 29.7 Å². The van der Waals surface area contributed by atoms with E-state index in [4.69, 9.17) is 52.4 Å². The summed E-state index contributed by atoms with van der Waals surface area (Å²) in [7, 11) is -6.79. The molecular formula is C36H56N8O13P3SSi2+. The largest absolute Gasteiger partial charge is 0.697 e. The molecule has 4 unspecified atom stereocenters. The number of amides is 1. The summed E-state index contributed by atoms with van der Waals surface area (Å²) in [6, 6.07) is 5.09. The molecule has 21 nitrogen and oxygen atoms in total. The number of hydrogen-bond donors (Lipinski definition) is 3. The number of carbonyl (C=O) groups is 1. The first-order valence-electron chi connectivity index (χ1n) is 21.1. The number of rotatable bonds is 18. The quantitative estimate of drug-likeness (QED) is 0.0776. The van der Waals surface area contributed by atoms with Gasteiger partial charge < -0.3 is 31.9 Å². The summed E-state index contributed by atoms with van der Waals surface area (Å²) in [4.78, 5) is 57.6. The average Bonchev–Trinajstić information content (AvgIpc) is 3.91. The smallest absolute Gasteiger partial charge is 0.474 e. The highest BCUT2D eigenvalue weighted by Crippen LogP contribution is 2.56. The zero-order valence-electron chi connectivity index (χ0n) is 35.8. The number of H-pyrrole nitrogens is 1. The number of nitrogens with zero attached hydrogens (tertiary/aromatic N) is 6.